The first-order valence-electron chi connectivity index (χ1n) is 13.2. The third-order valence-corrected chi connectivity index (χ3v) is 7.12. The highest BCUT2D eigenvalue weighted by Gasteiger charge is 2.37. The summed E-state index contributed by atoms with van der Waals surface area (Å²) in [6.45, 7) is 5.25. The number of benzene rings is 3. The number of Topliss-reactive ketones (excluding diaryl/α,β-unsaturated/α-hetero) is 1. The van der Waals surface area contributed by atoms with Gasteiger partial charge in [0.25, 0.3) is 11.8 Å². The molecule has 0 saturated heterocycles. The number of ketones is 1. The van der Waals surface area contributed by atoms with Gasteiger partial charge in [-0.3, -0.25) is 14.4 Å². The molecule has 4 rings (SSSR count). The van der Waals surface area contributed by atoms with Crippen LogP contribution < -0.4 is 25.2 Å². The summed E-state index contributed by atoms with van der Waals surface area (Å²) in [6.07, 6.45) is 0.861. The predicted molar refractivity (Wildman–Crippen MR) is 161 cm³/mol. The first-order chi connectivity index (χ1) is 19.7. The molecule has 3 aromatic carbocycles. The number of fused-ring (bicyclic) bond motifs is 1. The van der Waals surface area contributed by atoms with E-state index >= 15 is 0 Å². The van der Waals surface area contributed by atoms with Gasteiger partial charge in [-0.15, -0.1) is 0 Å². The average Bonchev–Trinajstić information content (AvgIpc) is 3.03. The summed E-state index contributed by atoms with van der Waals surface area (Å²) in [6, 6.07) is 20.6. The number of nitrogens with one attached hydrogen (secondary N) is 3. The highest BCUT2D eigenvalue weighted by molar-refractivity contribution is 7.89. The summed E-state index contributed by atoms with van der Waals surface area (Å²) in [7, 11) is -3.78. The van der Waals surface area contributed by atoms with E-state index in [0.717, 1.165) is 11.9 Å². The maximum atomic E-state index is 14.0. The van der Waals surface area contributed by atoms with Crippen molar-refractivity contribution in [2.75, 3.05) is 34.5 Å². The Bertz CT molecular complexity index is 1620. The fraction of sp³-hybridized carbons (Fsp3) is 0.267. The van der Waals surface area contributed by atoms with Crippen LogP contribution in [0.25, 0.3) is 0 Å². The van der Waals surface area contributed by atoms with Crippen LogP contribution in [-0.2, 0) is 19.6 Å². The quantitative estimate of drug-likeness (QED) is 0.380. The normalized spacial score (nSPS) is 15.3. The lowest BCUT2D eigenvalue weighted by Gasteiger charge is -2.28. The third kappa shape index (κ3) is 7.32. The van der Waals surface area contributed by atoms with Crippen molar-refractivity contribution < 1.29 is 27.6 Å². The molecule has 42 heavy (non-hydrogen) atoms. The second-order valence-electron chi connectivity index (χ2n) is 11.0. The van der Waals surface area contributed by atoms with Crippen LogP contribution in [0.15, 0.2) is 78.9 Å². The van der Waals surface area contributed by atoms with Gasteiger partial charge in [0.1, 0.15) is 6.04 Å². The van der Waals surface area contributed by atoms with Crippen LogP contribution >= 0.6 is 0 Å². The molecule has 0 saturated carbocycles. The van der Waals surface area contributed by atoms with Gasteiger partial charge in [0.2, 0.25) is 10.0 Å². The van der Waals surface area contributed by atoms with Gasteiger partial charge < -0.3 is 20.4 Å². The number of nitrogens with zero attached hydrogens (tertiary/aromatic N) is 2. The summed E-state index contributed by atoms with van der Waals surface area (Å²) < 4.78 is 24.8. The Morgan fingerprint density at radius 1 is 0.905 bits per heavy atom. The van der Waals surface area contributed by atoms with Gasteiger partial charge in [-0.05, 0) is 42.5 Å². The van der Waals surface area contributed by atoms with Gasteiger partial charge in [0.15, 0.2) is 5.78 Å². The number of anilines is 4. The summed E-state index contributed by atoms with van der Waals surface area (Å²) >= 11 is 0. The molecule has 1 atom stereocenters. The number of sulfonamides is 1. The maximum Gasteiger partial charge on any atom is 0.319 e. The summed E-state index contributed by atoms with van der Waals surface area (Å²) in [5, 5.41) is 5.34. The lowest BCUT2D eigenvalue weighted by Crippen LogP contribution is -2.54. The van der Waals surface area contributed by atoms with Crippen LogP contribution in [0, 0.1) is 5.41 Å². The number of amides is 4. The van der Waals surface area contributed by atoms with E-state index in [0.29, 0.717) is 11.4 Å². The van der Waals surface area contributed by atoms with E-state index in [1.807, 2.05) is 52.1 Å². The molecule has 3 N–H and O–H groups in total. The van der Waals surface area contributed by atoms with Crippen LogP contribution in [0.1, 0.15) is 31.1 Å². The topological polar surface area (TPSA) is 145 Å². The van der Waals surface area contributed by atoms with Crippen molar-refractivity contribution in [3.63, 3.8) is 0 Å². The van der Waals surface area contributed by atoms with Crippen molar-refractivity contribution in [1.82, 2.24) is 10.0 Å². The van der Waals surface area contributed by atoms with Crippen molar-refractivity contribution in [1.29, 1.82) is 0 Å². The zero-order chi connectivity index (χ0) is 30.7. The predicted octanol–water partition coefficient (Wildman–Crippen LogP) is 3.67. The minimum Gasteiger partial charge on any atom is -0.337 e. The number of para-hydroxylation sites is 3. The summed E-state index contributed by atoms with van der Waals surface area (Å²) in [4.78, 5) is 55.9. The molecule has 220 valence electrons. The van der Waals surface area contributed by atoms with Gasteiger partial charge in [-0.1, -0.05) is 57.2 Å². The Kier molecular flexibility index (Phi) is 8.67. The Labute approximate surface area is 244 Å². The lowest BCUT2D eigenvalue weighted by molar-refractivity contribution is -0.127. The monoisotopic (exact) mass is 591 g/mol. The molecule has 12 heteroatoms. The second kappa shape index (κ2) is 12.0. The van der Waals surface area contributed by atoms with E-state index < -0.39 is 39.3 Å². The summed E-state index contributed by atoms with van der Waals surface area (Å²) in [5.41, 5.74) is 1.55. The van der Waals surface area contributed by atoms with Crippen molar-refractivity contribution >= 4 is 56.4 Å². The third-order valence-electron chi connectivity index (χ3n) is 6.56. The van der Waals surface area contributed by atoms with Crippen molar-refractivity contribution in [2.24, 2.45) is 5.41 Å². The smallest absolute Gasteiger partial charge is 0.319 e. The van der Waals surface area contributed by atoms with Gasteiger partial charge in [-0.25, -0.2) is 17.9 Å². The number of hydrogen-bond acceptors (Lipinski definition) is 7. The SMILES string of the molecule is CC(C)(C)C(=O)CN1C(=O)C(NC(=O)Nc2cccc(C(=O)NS(C)(=O)=O)c2)CN(c2ccccc2)c2ccccc21. The number of carbonyl (C=O) groups is 4. The molecule has 0 fully saturated rings. The van der Waals surface area contributed by atoms with Crippen LogP contribution in [0.2, 0.25) is 0 Å². The zero-order valence-electron chi connectivity index (χ0n) is 23.7. The van der Waals surface area contributed by atoms with Crippen LogP contribution in [0.5, 0.6) is 0 Å². The second-order valence-corrected chi connectivity index (χ2v) is 12.7. The molecular formula is C30H33N5O6S. The van der Waals surface area contributed by atoms with E-state index in [-0.39, 0.29) is 30.1 Å². The molecule has 0 bridgehead atoms. The molecule has 3 aromatic rings. The number of urea groups is 1. The minimum absolute atomic E-state index is 0.0151. The molecule has 4 amide bonds. The Morgan fingerprint density at radius 2 is 1.55 bits per heavy atom. The van der Waals surface area contributed by atoms with Crippen LogP contribution in [0.3, 0.4) is 0 Å². The molecule has 1 aliphatic rings. The number of carbonyl (C=O) groups excluding carboxylic acids is 4. The number of rotatable bonds is 7. The van der Waals surface area contributed by atoms with E-state index in [1.54, 1.807) is 32.9 Å². The van der Waals surface area contributed by atoms with E-state index in [2.05, 4.69) is 10.6 Å². The van der Waals surface area contributed by atoms with E-state index in [4.69, 9.17) is 0 Å². The van der Waals surface area contributed by atoms with Crippen LogP contribution in [-0.4, -0.2) is 57.4 Å². The molecular weight excluding hydrogens is 558 g/mol. The Balaban J connectivity index is 1.65. The van der Waals surface area contributed by atoms with Crippen molar-refractivity contribution in [3.05, 3.63) is 84.4 Å². The highest BCUT2D eigenvalue weighted by Crippen LogP contribution is 2.37. The van der Waals surface area contributed by atoms with Crippen molar-refractivity contribution in [2.45, 2.75) is 26.8 Å². The highest BCUT2D eigenvalue weighted by atomic mass is 32.2. The standard InChI is InChI=1S/C30H33N5O6S/c1-30(2,3)26(36)19-35-25-16-9-8-15-24(25)34(22-13-6-5-7-14-22)18-23(28(35)38)32-29(39)31-21-12-10-11-20(17-21)27(37)33-42(4,40)41/h5-17,23H,18-19H2,1-4H3,(H,33,37)(H2,31,32,39). The minimum atomic E-state index is -3.78. The molecule has 0 aliphatic carbocycles. The van der Waals surface area contributed by atoms with Crippen LogP contribution in [0.4, 0.5) is 27.5 Å². The fourth-order valence-electron chi connectivity index (χ4n) is 4.38. The van der Waals surface area contributed by atoms with Gasteiger partial charge >= 0.3 is 6.03 Å². The molecule has 0 aromatic heterocycles. The molecule has 1 unspecified atom stereocenters. The largest absolute Gasteiger partial charge is 0.337 e. The fourth-order valence-corrected chi connectivity index (χ4v) is 4.84. The number of hydrogen-bond donors (Lipinski definition) is 3. The first kappa shape index (κ1) is 30.3. The molecule has 11 nitrogen and oxygen atoms in total. The van der Waals surface area contributed by atoms with Gasteiger partial charge in [-0.2, -0.15) is 0 Å². The maximum absolute atomic E-state index is 14.0. The molecule has 1 aliphatic heterocycles. The molecule has 1 heterocycles. The first-order valence-corrected chi connectivity index (χ1v) is 15.1. The Hall–Kier alpha value is -4.71. The van der Waals surface area contributed by atoms with Gasteiger partial charge in [0.05, 0.1) is 30.7 Å². The zero-order valence-corrected chi connectivity index (χ0v) is 24.6. The van der Waals surface area contributed by atoms with E-state index in [9.17, 15) is 27.6 Å². The lowest BCUT2D eigenvalue weighted by atomic mass is 9.90. The molecule has 0 radical (unpaired) electrons. The van der Waals surface area contributed by atoms with Crippen molar-refractivity contribution in [3.8, 4) is 0 Å². The van der Waals surface area contributed by atoms with Gasteiger partial charge in [0, 0.05) is 22.4 Å². The molecule has 0 spiro atoms. The average molecular weight is 592 g/mol. The summed E-state index contributed by atoms with van der Waals surface area (Å²) in [5.74, 6) is -1.46. The Morgan fingerprint density at radius 3 is 2.19 bits per heavy atom. The van der Waals surface area contributed by atoms with E-state index in [1.165, 1.54) is 29.2 Å².